The first-order chi connectivity index (χ1) is 12.7. The maximum atomic E-state index is 11.9. The molecule has 0 saturated carbocycles. The van der Waals surface area contributed by atoms with Crippen LogP contribution in [0, 0.1) is 5.92 Å². The van der Waals surface area contributed by atoms with Gasteiger partial charge in [0.25, 0.3) is 0 Å². The average Bonchev–Trinajstić information content (AvgIpc) is 2.67. The van der Waals surface area contributed by atoms with Gasteiger partial charge in [0, 0.05) is 43.0 Å². The van der Waals surface area contributed by atoms with Gasteiger partial charge in [-0.05, 0) is 31.5 Å². The van der Waals surface area contributed by atoms with Crippen LogP contribution in [0.4, 0.5) is 0 Å². The molecule has 0 amide bonds. The van der Waals surface area contributed by atoms with Gasteiger partial charge in [-0.25, -0.2) is 0 Å². The van der Waals surface area contributed by atoms with Crippen molar-refractivity contribution in [2.24, 2.45) is 5.92 Å². The number of ether oxygens (including phenoxy) is 3. The lowest BCUT2D eigenvalue weighted by Gasteiger charge is -2.32. The summed E-state index contributed by atoms with van der Waals surface area (Å²) in [5, 5.41) is 0. The molecule has 140 valence electrons. The van der Waals surface area contributed by atoms with E-state index in [2.05, 4.69) is 9.88 Å². The molecule has 1 N–H and O–H groups in total. The minimum atomic E-state index is -0.0869. The van der Waals surface area contributed by atoms with Gasteiger partial charge in [-0.3, -0.25) is 9.69 Å². The van der Waals surface area contributed by atoms with Crippen LogP contribution < -0.4 is 19.6 Å². The van der Waals surface area contributed by atoms with E-state index >= 15 is 0 Å². The first kappa shape index (κ1) is 18.3. The molecule has 26 heavy (non-hydrogen) atoms. The number of piperidine rings is 1. The molecule has 0 aliphatic carbocycles. The molecule has 1 saturated heterocycles. The summed E-state index contributed by atoms with van der Waals surface area (Å²) in [7, 11) is 3.16. The number of likely N-dealkylation sites (tertiary alicyclic amines) is 1. The molecule has 2 aromatic rings. The molecule has 1 atom stereocenters. The Bertz CT molecular complexity index is 774. The smallest absolute Gasteiger partial charge is 0.223 e. The van der Waals surface area contributed by atoms with Gasteiger partial charge in [-0.1, -0.05) is 6.07 Å². The van der Waals surface area contributed by atoms with Gasteiger partial charge >= 0.3 is 0 Å². The lowest BCUT2D eigenvalue weighted by Crippen LogP contribution is -2.37. The lowest BCUT2D eigenvalue weighted by atomic mass is 9.99. The molecular weight excluding hydrogens is 332 g/mol. The quantitative estimate of drug-likeness (QED) is 0.824. The molecule has 3 rings (SSSR count). The third kappa shape index (κ3) is 4.79. The predicted octanol–water partition coefficient (Wildman–Crippen LogP) is 2.68. The minimum absolute atomic E-state index is 0.0869. The Morgan fingerprint density at radius 3 is 2.81 bits per heavy atom. The van der Waals surface area contributed by atoms with E-state index in [9.17, 15) is 4.79 Å². The van der Waals surface area contributed by atoms with Crippen LogP contribution in [0.15, 0.2) is 41.3 Å². The second kappa shape index (κ2) is 8.76. The van der Waals surface area contributed by atoms with Crippen LogP contribution in [-0.2, 0) is 6.54 Å². The number of H-pyrrole nitrogens is 1. The number of methoxy groups -OCH3 is 2. The molecule has 2 heterocycles. The molecule has 0 unspecified atom stereocenters. The number of benzene rings is 1. The third-order valence-electron chi connectivity index (χ3n) is 4.68. The molecule has 1 fully saturated rings. The number of hydrogen-bond donors (Lipinski definition) is 1. The fraction of sp³-hybridized carbons (Fsp3) is 0.450. The molecule has 1 aromatic heterocycles. The number of nitrogens with one attached hydrogen (secondary N) is 1. The Balaban J connectivity index is 1.53. The fourth-order valence-electron chi connectivity index (χ4n) is 3.33. The summed E-state index contributed by atoms with van der Waals surface area (Å²) in [6.45, 7) is 3.40. The molecular formula is C20H26N2O4. The zero-order valence-electron chi connectivity index (χ0n) is 15.4. The van der Waals surface area contributed by atoms with Crippen molar-refractivity contribution in [2.75, 3.05) is 33.9 Å². The maximum absolute atomic E-state index is 11.9. The summed E-state index contributed by atoms with van der Waals surface area (Å²) in [6.07, 6.45) is 3.91. The summed E-state index contributed by atoms with van der Waals surface area (Å²) in [5.41, 5.74) is 0.821. The van der Waals surface area contributed by atoms with Crippen molar-refractivity contribution < 1.29 is 14.2 Å². The summed E-state index contributed by atoms with van der Waals surface area (Å²) < 4.78 is 16.2. The highest BCUT2D eigenvalue weighted by Crippen LogP contribution is 2.22. The number of pyridine rings is 1. The maximum Gasteiger partial charge on any atom is 0.223 e. The molecule has 6 heteroatoms. The van der Waals surface area contributed by atoms with E-state index in [1.807, 2.05) is 24.3 Å². The highest BCUT2D eigenvalue weighted by atomic mass is 16.5. The number of aromatic amines is 1. The van der Waals surface area contributed by atoms with Crippen LogP contribution in [0.3, 0.4) is 0 Å². The number of rotatable bonds is 7. The topological polar surface area (TPSA) is 63.8 Å². The summed E-state index contributed by atoms with van der Waals surface area (Å²) in [4.78, 5) is 17.4. The minimum Gasteiger partial charge on any atom is -0.497 e. The van der Waals surface area contributed by atoms with Crippen molar-refractivity contribution in [3.63, 3.8) is 0 Å². The van der Waals surface area contributed by atoms with Gasteiger partial charge in [0.2, 0.25) is 5.43 Å². The van der Waals surface area contributed by atoms with Gasteiger partial charge in [-0.2, -0.15) is 0 Å². The predicted molar refractivity (Wildman–Crippen MR) is 100 cm³/mol. The third-order valence-corrected chi connectivity index (χ3v) is 4.68. The molecule has 1 aromatic carbocycles. The van der Waals surface area contributed by atoms with Crippen LogP contribution >= 0.6 is 0 Å². The Labute approximate surface area is 153 Å². The van der Waals surface area contributed by atoms with Crippen molar-refractivity contribution in [3.05, 3.63) is 52.4 Å². The first-order valence-corrected chi connectivity index (χ1v) is 8.92. The van der Waals surface area contributed by atoms with Crippen LogP contribution in [0.1, 0.15) is 18.5 Å². The van der Waals surface area contributed by atoms with Gasteiger partial charge in [-0.15, -0.1) is 0 Å². The molecule has 1 aliphatic heterocycles. The Morgan fingerprint density at radius 1 is 1.19 bits per heavy atom. The zero-order chi connectivity index (χ0) is 18.4. The van der Waals surface area contributed by atoms with Gasteiger partial charge in [0.15, 0.2) is 5.75 Å². The van der Waals surface area contributed by atoms with Crippen LogP contribution in [-0.4, -0.2) is 43.8 Å². The lowest BCUT2D eigenvalue weighted by molar-refractivity contribution is 0.124. The van der Waals surface area contributed by atoms with Crippen molar-refractivity contribution >= 4 is 0 Å². The Morgan fingerprint density at radius 2 is 2.04 bits per heavy atom. The Hall–Kier alpha value is -2.47. The number of nitrogens with zero attached hydrogens (tertiary/aromatic N) is 1. The Kier molecular flexibility index (Phi) is 6.17. The summed E-state index contributed by atoms with van der Waals surface area (Å²) in [6, 6.07) is 9.31. The van der Waals surface area contributed by atoms with Crippen LogP contribution in [0.2, 0.25) is 0 Å². The fourth-order valence-corrected chi connectivity index (χ4v) is 3.33. The van der Waals surface area contributed by atoms with E-state index in [1.54, 1.807) is 19.4 Å². The van der Waals surface area contributed by atoms with Crippen molar-refractivity contribution in [2.45, 2.75) is 19.4 Å². The monoisotopic (exact) mass is 358 g/mol. The van der Waals surface area contributed by atoms with Gasteiger partial charge < -0.3 is 19.2 Å². The van der Waals surface area contributed by atoms with Gasteiger partial charge in [0.1, 0.15) is 11.5 Å². The summed E-state index contributed by atoms with van der Waals surface area (Å²) in [5.74, 6) is 2.45. The highest BCUT2D eigenvalue weighted by molar-refractivity contribution is 5.32. The highest BCUT2D eigenvalue weighted by Gasteiger charge is 2.21. The van der Waals surface area contributed by atoms with Crippen LogP contribution in [0.25, 0.3) is 0 Å². The van der Waals surface area contributed by atoms with E-state index < -0.39 is 0 Å². The van der Waals surface area contributed by atoms with Crippen LogP contribution in [0.5, 0.6) is 17.2 Å². The van der Waals surface area contributed by atoms with Crippen molar-refractivity contribution in [1.82, 2.24) is 9.88 Å². The molecule has 1 aliphatic rings. The largest absolute Gasteiger partial charge is 0.497 e. The molecule has 6 nitrogen and oxygen atoms in total. The SMILES string of the molecule is COc1cccc(OC[C@@H]2CCCN(Cc3cc(=O)c(OC)c[nH]3)C2)c1. The molecule has 0 bridgehead atoms. The normalized spacial score (nSPS) is 17.7. The van der Waals surface area contributed by atoms with Crippen molar-refractivity contribution in [1.29, 1.82) is 0 Å². The number of aromatic nitrogens is 1. The zero-order valence-corrected chi connectivity index (χ0v) is 15.4. The standard InChI is InChI=1S/C20H26N2O4/c1-24-17-6-3-7-18(10-17)26-14-15-5-4-8-22(12-15)13-16-9-19(23)20(25-2)11-21-16/h3,6-7,9-11,15H,4-5,8,12-14H2,1-2H3,(H,21,23)/t15-/m1/s1. The van der Waals surface area contributed by atoms with E-state index in [0.29, 0.717) is 18.3 Å². The summed E-state index contributed by atoms with van der Waals surface area (Å²) >= 11 is 0. The average molecular weight is 358 g/mol. The second-order valence-corrected chi connectivity index (χ2v) is 6.62. The first-order valence-electron chi connectivity index (χ1n) is 8.92. The van der Waals surface area contributed by atoms with E-state index in [4.69, 9.17) is 14.2 Å². The van der Waals surface area contributed by atoms with E-state index in [-0.39, 0.29) is 5.43 Å². The second-order valence-electron chi connectivity index (χ2n) is 6.62. The molecule has 0 radical (unpaired) electrons. The van der Waals surface area contributed by atoms with E-state index in [0.717, 1.165) is 49.7 Å². The number of hydrogen-bond acceptors (Lipinski definition) is 5. The van der Waals surface area contributed by atoms with Gasteiger partial charge in [0.05, 0.1) is 20.8 Å². The van der Waals surface area contributed by atoms with Crippen molar-refractivity contribution in [3.8, 4) is 17.2 Å². The molecule has 0 spiro atoms. The van der Waals surface area contributed by atoms with E-state index in [1.165, 1.54) is 7.11 Å².